The molecule has 1 atom stereocenters. The van der Waals surface area contributed by atoms with Gasteiger partial charge in [0.15, 0.2) is 6.61 Å². The number of hydrogen-bond donors (Lipinski definition) is 1. The summed E-state index contributed by atoms with van der Waals surface area (Å²) in [5.41, 5.74) is 4.27. The van der Waals surface area contributed by atoms with E-state index in [0.29, 0.717) is 18.7 Å². The van der Waals surface area contributed by atoms with Gasteiger partial charge in [0.1, 0.15) is 11.8 Å². The minimum Gasteiger partial charge on any atom is -0.484 e. The highest BCUT2D eigenvalue weighted by molar-refractivity contribution is 5.88. The molecule has 0 aliphatic carbocycles. The summed E-state index contributed by atoms with van der Waals surface area (Å²) in [7, 11) is 1.60. The summed E-state index contributed by atoms with van der Waals surface area (Å²) in [6.45, 7) is 4.29. The van der Waals surface area contributed by atoms with Crippen molar-refractivity contribution in [3.63, 3.8) is 0 Å². The summed E-state index contributed by atoms with van der Waals surface area (Å²) in [5, 5.41) is 2.73. The van der Waals surface area contributed by atoms with E-state index < -0.39 is 6.04 Å². The van der Waals surface area contributed by atoms with Crippen molar-refractivity contribution in [3.05, 3.63) is 101 Å². The molecule has 0 heterocycles. The van der Waals surface area contributed by atoms with Crippen molar-refractivity contribution in [3.8, 4) is 5.75 Å². The van der Waals surface area contributed by atoms with Gasteiger partial charge in [-0.1, -0.05) is 79.2 Å². The highest BCUT2D eigenvalue weighted by Crippen LogP contribution is 2.17. The molecule has 0 radical (unpaired) electrons. The van der Waals surface area contributed by atoms with Gasteiger partial charge < -0.3 is 15.0 Å². The largest absolute Gasteiger partial charge is 0.484 e. The fourth-order valence-corrected chi connectivity index (χ4v) is 3.78. The van der Waals surface area contributed by atoms with Gasteiger partial charge in [-0.2, -0.15) is 0 Å². The van der Waals surface area contributed by atoms with Crippen molar-refractivity contribution in [1.29, 1.82) is 0 Å². The smallest absolute Gasteiger partial charge is 0.261 e. The van der Waals surface area contributed by atoms with Crippen LogP contribution in [0.1, 0.15) is 29.2 Å². The van der Waals surface area contributed by atoms with Gasteiger partial charge in [-0.15, -0.1) is 0 Å². The second kappa shape index (κ2) is 11.9. The third kappa shape index (κ3) is 6.94. The van der Waals surface area contributed by atoms with Gasteiger partial charge in [0.05, 0.1) is 0 Å². The molecule has 0 aromatic heterocycles. The highest BCUT2D eigenvalue weighted by Gasteiger charge is 2.30. The molecular formula is C28H32N2O3. The number of carbonyl (C=O) groups excluding carboxylic acids is 2. The first-order valence-electron chi connectivity index (χ1n) is 11.3. The second-order valence-corrected chi connectivity index (χ2v) is 8.12. The Kier molecular flexibility index (Phi) is 8.64. The predicted octanol–water partition coefficient (Wildman–Crippen LogP) is 4.32. The Labute approximate surface area is 196 Å². The lowest BCUT2D eigenvalue weighted by molar-refractivity contribution is -0.142. The number of likely N-dealkylation sites (N-methyl/N-ethyl adjacent to an activating group) is 1. The fraction of sp³-hybridized carbons (Fsp3) is 0.286. The minimum atomic E-state index is -0.656. The van der Waals surface area contributed by atoms with E-state index in [4.69, 9.17) is 4.74 Å². The lowest BCUT2D eigenvalue weighted by atomic mass is 10.0. The summed E-state index contributed by atoms with van der Waals surface area (Å²) in [6.07, 6.45) is 1.36. The van der Waals surface area contributed by atoms with Crippen LogP contribution < -0.4 is 10.1 Å². The van der Waals surface area contributed by atoms with Crippen LogP contribution in [-0.4, -0.2) is 36.4 Å². The molecule has 0 unspecified atom stereocenters. The average Bonchev–Trinajstić information content (AvgIpc) is 2.85. The molecule has 0 aliphatic rings. The number of amides is 2. The van der Waals surface area contributed by atoms with Crippen LogP contribution in [0.4, 0.5) is 0 Å². The number of hydrogen-bond acceptors (Lipinski definition) is 3. The van der Waals surface area contributed by atoms with Crippen LogP contribution >= 0.6 is 0 Å². The van der Waals surface area contributed by atoms with Crippen LogP contribution in [0.3, 0.4) is 0 Å². The fourth-order valence-electron chi connectivity index (χ4n) is 3.78. The van der Waals surface area contributed by atoms with Crippen molar-refractivity contribution in [1.82, 2.24) is 10.2 Å². The highest BCUT2D eigenvalue weighted by atomic mass is 16.5. The van der Waals surface area contributed by atoms with Gasteiger partial charge >= 0.3 is 0 Å². The maximum atomic E-state index is 13.4. The normalized spacial score (nSPS) is 11.5. The number of carbonyl (C=O) groups is 2. The van der Waals surface area contributed by atoms with Crippen molar-refractivity contribution >= 4 is 11.8 Å². The first-order chi connectivity index (χ1) is 16.0. The summed E-state index contributed by atoms with van der Waals surface area (Å²) in [4.78, 5) is 27.9. The van der Waals surface area contributed by atoms with E-state index in [2.05, 4.69) is 12.2 Å². The quantitative estimate of drug-likeness (QED) is 0.507. The number of nitrogens with zero attached hydrogens (tertiary/aromatic N) is 1. The zero-order valence-electron chi connectivity index (χ0n) is 19.6. The number of benzene rings is 3. The molecule has 33 heavy (non-hydrogen) atoms. The summed E-state index contributed by atoms with van der Waals surface area (Å²) >= 11 is 0. The van der Waals surface area contributed by atoms with Crippen molar-refractivity contribution < 1.29 is 14.3 Å². The van der Waals surface area contributed by atoms with E-state index in [-0.39, 0.29) is 18.4 Å². The molecule has 0 bridgehead atoms. The van der Waals surface area contributed by atoms with Gasteiger partial charge in [-0.05, 0) is 42.2 Å². The SMILES string of the molecule is CCc1ccc(OCC(=O)N(Cc2cccc(C)c2)[C@H](Cc2ccccc2)C(=O)NC)cc1. The molecule has 2 amide bonds. The molecular weight excluding hydrogens is 412 g/mol. The number of aryl methyl sites for hydroxylation is 2. The van der Waals surface area contributed by atoms with Crippen LogP contribution in [0, 0.1) is 6.92 Å². The number of nitrogens with one attached hydrogen (secondary N) is 1. The second-order valence-electron chi connectivity index (χ2n) is 8.12. The molecule has 3 aromatic rings. The van der Waals surface area contributed by atoms with Crippen molar-refractivity contribution in [2.45, 2.75) is 39.3 Å². The third-order valence-corrected chi connectivity index (χ3v) is 5.65. The molecule has 0 saturated heterocycles. The Hall–Kier alpha value is -3.60. The van der Waals surface area contributed by atoms with Gasteiger partial charge in [0, 0.05) is 20.0 Å². The Morgan fingerprint density at radius 1 is 0.909 bits per heavy atom. The summed E-state index contributed by atoms with van der Waals surface area (Å²) in [5.74, 6) is 0.198. The Bertz CT molecular complexity index is 1050. The molecule has 3 aromatic carbocycles. The average molecular weight is 445 g/mol. The van der Waals surface area contributed by atoms with Crippen LogP contribution in [0.25, 0.3) is 0 Å². The van der Waals surface area contributed by atoms with Crippen LogP contribution in [0.15, 0.2) is 78.9 Å². The standard InChI is InChI=1S/C28H32N2O3/c1-4-22-13-15-25(16-14-22)33-20-27(31)30(19-24-12-8-9-21(2)17-24)26(28(32)29-3)18-23-10-6-5-7-11-23/h5-17,26H,4,18-20H2,1-3H3,(H,29,32)/t26-/m1/s1. The molecule has 0 spiro atoms. The lowest BCUT2D eigenvalue weighted by Gasteiger charge is -2.31. The third-order valence-electron chi connectivity index (χ3n) is 5.65. The minimum absolute atomic E-state index is 0.139. The molecule has 172 valence electrons. The maximum Gasteiger partial charge on any atom is 0.261 e. The van der Waals surface area contributed by atoms with E-state index in [1.54, 1.807) is 11.9 Å². The number of rotatable bonds is 10. The Morgan fingerprint density at radius 2 is 1.61 bits per heavy atom. The summed E-state index contributed by atoms with van der Waals surface area (Å²) < 4.78 is 5.80. The molecule has 5 nitrogen and oxygen atoms in total. The van der Waals surface area contributed by atoms with Crippen LogP contribution in [0.5, 0.6) is 5.75 Å². The van der Waals surface area contributed by atoms with Crippen LogP contribution in [-0.2, 0) is 29.0 Å². The van der Waals surface area contributed by atoms with E-state index >= 15 is 0 Å². The Balaban J connectivity index is 1.85. The zero-order chi connectivity index (χ0) is 23.6. The molecule has 0 aliphatic heterocycles. The van der Waals surface area contributed by atoms with E-state index in [1.165, 1.54) is 5.56 Å². The lowest BCUT2D eigenvalue weighted by Crippen LogP contribution is -2.51. The van der Waals surface area contributed by atoms with E-state index in [0.717, 1.165) is 23.1 Å². The predicted molar refractivity (Wildman–Crippen MR) is 131 cm³/mol. The van der Waals surface area contributed by atoms with Crippen molar-refractivity contribution in [2.24, 2.45) is 0 Å². The molecule has 0 saturated carbocycles. The van der Waals surface area contributed by atoms with Gasteiger partial charge in [0.25, 0.3) is 5.91 Å². The first-order valence-corrected chi connectivity index (χ1v) is 11.3. The zero-order valence-corrected chi connectivity index (χ0v) is 19.6. The topological polar surface area (TPSA) is 58.6 Å². The first kappa shape index (κ1) is 24.1. The molecule has 3 rings (SSSR count). The summed E-state index contributed by atoms with van der Waals surface area (Å²) in [6, 6.07) is 24.8. The molecule has 1 N–H and O–H groups in total. The Morgan fingerprint density at radius 3 is 2.24 bits per heavy atom. The number of ether oxygens (including phenoxy) is 1. The molecule has 0 fully saturated rings. The van der Waals surface area contributed by atoms with Gasteiger partial charge in [-0.25, -0.2) is 0 Å². The molecule has 5 heteroatoms. The van der Waals surface area contributed by atoms with E-state index in [1.807, 2.05) is 85.8 Å². The van der Waals surface area contributed by atoms with Crippen LogP contribution in [0.2, 0.25) is 0 Å². The van der Waals surface area contributed by atoms with E-state index in [9.17, 15) is 9.59 Å². The van der Waals surface area contributed by atoms with Gasteiger partial charge in [0.2, 0.25) is 5.91 Å². The van der Waals surface area contributed by atoms with Gasteiger partial charge in [-0.3, -0.25) is 9.59 Å². The van der Waals surface area contributed by atoms with Crippen molar-refractivity contribution in [2.75, 3.05) is 13.7 Å². The maximum absolute atomic E-state index is 13.4. The monoisotopic (exact) mass is 444 g/mol.